The van der Waals surface area contributed by atoms with Gasteiger partial charge in [0.15, 0.2) is 0 Å². The van der Waals surface area contributed by atoms with Crippen LogP contribution in [0.5, 0.6) is 0 Å². The summed E-state index contributed by atoms with van der Waals surface area (Å²) in [6, 6.07) is 6.15. The molecule has 1 fully saturated rings. The number of nitrogens with zero attached hydrogens (tertiary/aromatic N) is 3. The standard InChI is InChI=1S/C20H26ClN3O/c1-22-11-7-19-17(14-22)16-13-15(21)5-6-18(16)24(19)12-8-20(25)23-9-3-2-4-10-23/h5-6,13H,2-4,7-12,14H2,1H3. The average Bonchev–Trinajstić information content (AvgIpc) is 2.92. The third-order valence-electron chi connectivity index (χ3n) is 5.67. The van der Waals surface area contributed by atoms with Crippen molar-refractivity contribution in [3.63, 3.8) is 0 Å². The summed E-state index contributed by atoms with van der Waals surface area (Å²) in [6.45, 7) is 4.66. The van der Waals surface area contributed by atoms with Crippen molar-refractivity contribution in [3.8, 4) is 0 Å². The van der Waals surface area contributed by atoms with E-state index in [1.165, 1.54) is 28.6 Å². The highest BCUT2D eigenvalue weighted by molar-refractivity contribution is 6.31. The Balaban J connectivity index is 1.61. The Kier molecular flexibility index (Phi) is 4.74. The van der Waals surface area contributed by atoms with Crippen molar-refractivity contribution in [2.45, 2.75) is 45.2 Å². The van der Waals surface area contributed by atoms with Gasteiger partial charge in [0.05, 0.1) is 0 Å². The smallest absolute Gasteiger partial charge is 0.224 e. The van der Waals surface area contributed by atoms with Crippen LogP contribution < -0.4 is 0 Å². The largest absolute Gasteiger partial charge is 0.344 e. The summed E-state index contributed by atoms with van der Waals surface area (Å²) >= 11 is 6.25. The molecule has 4 nitrogen and oxygen atoms in total. The number of rotatable bonds is 3. The van der Waals surface area contributed by atoms with Crippen molar-refractivity contribution in [1.82, 2.24) is 14.4 Å². The second-order valence-corrected chi connectivity index (χ2v) is 7.85. The number of aromatic nitrogens is 1. The van der Waals surface area contributed by atoms with Crippen molar-refractivity contribution < 1.29 is 4.79 Å². The van der Waals surface area contributed by atoms with Crippen molar-refractivity contribution in [2.75, 3.05) is 26.7 Å². The average molecular weight is 360 g/mol. The molecule has 0 aliphatic carbocycles. The van der Waals surface area contributed by atoms with Gasteiger partial charge in [0.1, 0.15) is 0 Å². The Labute approximate surface area is 154 Å². The number of halogens is 1. The Bertz CT molecular complexity index is 792. The summed E-state index contributed by atoms with van der Waals surface area (Å²) in [6.07, 6.45) is 5.19. The third-order valence-corrected chi connectivity index (χ3v) is 5.90. The van der Waals surface area contributed by atoms with Crippen LogP contribution >= 0.6 is 11.6 Å². The molecular weight excluding hydrogens is 334 g/mol. The molecule has 25 heavy (non-hydrogen) atoms. The van der Waals surface area contributed by atoms with Gasteiger partial charge in [0.25, 0.3) is 0 Å². The van der Waals surface area contributed by atoms with E-state index in [4.69, 9.17) is 11.6 Å². The molecule has 1 aromatic carbocycles. The highest BCUT2D eigenvalue weighted by Gasteiger charge is 2.23. The SMILES string of the molecule is CN1CCc2c(c3cc(Cl)ccc3n2CCC(=O)N2CCCCC2)C1. The van der Waals surface area contributed by atoms with Crippen LogP contribution in [0.2, 0.25) is 5.02 Å². The molecule has 4 rings (SSSR count). The second-order valence-electron chi connectivity index (χ2n) is 7.42. The van der Waals surface area contributed by atoms with Crippen molar-refractivity contribution in [2.24, 2.45) is 0 Å². The fourth-order valence-electron chi connectivity index (χ4n) is 4.32. The molecule has 0 unspecified atom stereocenters. The summed E-state index contributed by atoms with van der Waals surface area (Å²) in [7, 11) is 2.16. The van der Waals surface area contributed by atoms with E-state index in [1.807, 2.05) is 11.0 Å². The lowest BCUT2D eigenvalue weighted by Gasteiger charge is -2.27. The minimum Gasteiger partial charge on any atom is -0.344 e. The summed E-state index contributed by atoms with van der Waals surface area (Å²) in [4.78, 5) is 17.0. The van der Waals surface area contributed by atoms with Gasteiger partial charge in [0, 0.05) is 67.2 Å². The predicted molar refractivity (Wildman–Crippen MR) is 102 cm³/mol. The number of aryl methyl sites for hydroxylation is 1. The molecule has 1 aromatic heterocycles. The number of likely N-dealkylation sites (tertiary alicyclic amines) is 1. The van der Waals surface area contributed by atoms with Crippen LogP contribution in [0.15, 0.2) is 18.2 Å². The topological polar surface area (TPSA) is 28.5 Å². The van der Waals surface area contributed by atoms with Crippen LogP contribution in [0, 0.1) is 0 Å². The number of likely N-dealkylation sites (N-methyl/N-ethyl adjacent to an activating group) is 1. The molecule has 0 saturated carbocycles. The van der Waals surface area contributed by atoms with Crippen LogP contribution in [0.1, 0.15) is 36.9 Å². The highest BCUT2D eigenvalue weighted by atomic mass is 35.5. The number of benzene rings is 1. The molecule has 134 valence electrons. The zero-order valence-corrected chi connectivity index (χ0v) is 15.7. The van der Waals surface area contributed by atoms with Gasteiger partial charge >= 0.3 is 0 Å². The van der Waals surface area contributed by atoms with E-state index in [9.17, 15) is 4.79 Å². The van der Waals surface area contributed by atoms with Crippen molar-refractivity contribution in [1.29, 1.82) is 0 Å². The Hall–Kier alpha value is -1.52. The maximum atomic E-state index is 12.6. The van der Waals surface area contributed by atoms with E-state index >= 15 is 0 Å². The molecule has 0 atom stereocenters. The van der Waals surface area contributed by atoms with Gasteiger partial charge < -0.3 is 14.4 Å². The first-order valence-corrected chi connectivity index (χ1v) is 9.77. The lowest BCUT2D eigenvalue weighted by molar-refractivity contribution is -0.132. The molecule has 0 spiro atoms. The molecule has 2 aliphatic heterocycles. The van der Waals surface area contributed by atoms with Gasteiger partial charge in [-0.1, -0.05) is 11.6 Å². The van der Waals surface area contributed by atoms with Gasteiger partial charge in [0.2, 0.25) is 5.91 Å². The van der Waals surface area contributed by atoms with Gasteiger partial charge in [-0.3, -0.25) is 4.79 Å². The number of carbonyl (C=O) groups excluding carboxylic acids is 1. The van der Waals surface area contributed by atoms with Crippen LogP contribution in [0.3, 0.4) is 0 Å². The van der Waals surface area contributed by atoms with E-state index in [1.54, 1.807) is 0 Å². The molecule has 1 amide bonds. The molecule has 0 radical (unpaired) electrons. The van der Waals surface area contributed by atoms with E-state index in [0.29, 0.717) is 12.3 Å². The minimum absolute atomic E-state index is 0.303. The summed E-state index contributed by atoms with van der Waals surface area (Å²) < 4.78 is 2.37. The predicted octanol–water partition coefficient (Wildman–Crippen LogP) is 3.69. The fourth-order valence-corrected chi connectivity index (χ4v) is 4.49. The molecule has 3 heterocycles. The van der Waals surface area contributed by atoms with Crippen LogP contribution in [0.25, 0.3) is 10.9 Å². The third kappa shape index (κ3) is 3.30. The van der Waals surface area contributed by atoms with Crippen molar-refractivity contribution >= 4 is 28.4 Å². The molecule has 2 aliphatic rings. The van der Waals surface area contributed by atoms with Crippen LogP contribution in [0.4, 0.5) is 0 Å². The second kappa shape index (κ2) is 7.00. The first-order valence-electron chi connectivity index (χ1n) is 9.39. The Morgan fingerprint density at radius 2 is 1.96 bits per heavy atom. The van der Waals surface area contributed by atoms with E-state index in [2.05, 4.69) is 28.6 Å². The van der Waals surface area contributed by atoms with E-state index in [0.717, 1.165) is 57.0 Å². The first-order chi connectivity index (χ1) is 12.1. The number of hydrogen-bond acceptors (Lipinski definition) is 2. The van der Waals surface area contributed by atoms with Crippen molar-refractivity contribution in [3.05, 3.63) is 34.5 Å². The molecule has 1 saturated heterocycles. The summed E-state index contributed by atoms with van der Waals surface area (Å²) in [5, 5.41) is 2.03. The normalized spacial score (nSPS) is 18.6. The lowest BCUT2D eigenvalue weighted by atomic mass is 10.1. The highest BCUT2D eigenvalue weighted by Crippen LogP contribution is 2.32. The molecule has 2 aromatic rings. The lowest BCUT2D eigenvalue weighted by Crippen LogP contribution is -2.36. The van der Waals surface area contributed by atoms with Gasteiger partial charge in [-0.05, 0) is 50.1 Å². The van der Waals surface area contributed by atoms with Crippen LogP contribution in [-0.4, -0.2) is 47.0 Å². The van der Waals surface area contributed by atoms with E-state index in [-0.39, 0.29) is 0 Å². The summed E-state index contributed by atoms with van der Waals surface area (Å²) in [5.41, 5.74) is 4.00. The van der Waals surface area contributed by atoms with Gasteiger partial charge in [-0.2, -0.15) is 0 Å². The minimum atomic E-state index is 0.303. The monoisotopic (exact) mass is 359 g/mol. The number of amides is 1. The maximum absolute atomic E-state index is 12.6. The van der Waals surface area contributed by atoms with Crippen LogP contribution in [-0.2, 0) is 24.3 Å². The Morgan fingerprint density at radius 1 is 1.16 bits per heavy atom. The first kappa shape index (κ1) is 16.9. The van der Waals surface area contributed by atoms with Gasteiger partial charge in [-0.25, -0.2) is 0 Å². The molecule has 0 bridgehead atoms. The molecule has 0 N–H and O–H groups in total. The number of fused-ring (bicyclic) bond motifs is 3. The number of hydrogen-bond donors (Lipinski definition) is 0. The Morgan fingerprint density at radius 3 is 2.76 bits per heavy atom. The molecule has 5 heteroatoms. The number of piperidine rings is 1. The molecular formula is C20H26ClN3O. The zero-order valence-electron chi connectivity index (χ0n) is 14.9. The fraction of sp³-hybridized carbons (Fsp3) is 0.550. The maximum Gasteiger partial charge on any atom is 0.224 e. The number of carbonyl (C=O) groups is 1. The summed E-state index contributed by atoms with van der Waals surface area (Å²) in [5.74, 6) is 0.303. The zero-order chi connectivity index (χ0) is 17.4. The van der Waals surface area contributed by atoms with Gasteiger partial charge in [-0.15, -0.1) is 0 Å². The quantitative estimate of drug-likeness (QED) is 0.836. The van der Waals surface area contributed by atoms with E-state index < -0.39 is 0 Å².